The largest absolute Gasteiger partial charge is 0.351 e. The molecule has 1 aromatic carbocycles. The van der Waals surface area contributed by atoms with Crippen LogP contribution in [-0.4, -0.2) is 20.6 Å². The van der Waals surface area contributed by atoms with Crippen molar-refractivity contribution >= 4 is 34.6 Å². The van der Waals surface area contributed by atoms with Crippen LogP contribution in [0.3, 0.4) is 0 Å². The van der Waals surface area contributed by atoms with Crippen LogP contribution < -0.4 is 15.5 Å². The first kappa shape index (κ1) is 22.6. The van der Waals surface area contributed by atoms with Gasteiger partial charge in [0.15, 0.2) is 5.11 Å². The fraction of sp³-hybridized carbons (Fsp3) is 0.370. The van der Waals surface area contributed by atoms with Gasteiger partial charge in [-0.2, -0.15) is 0 Å². The van der Waals surface area contributed by atoms with E-state index in [9.17, 15) is 4.79 Å². The van der Waals surface area contributed by atoms with Crippen molar-refractivity contribution in [1.29, 1.82) is 0 Å². The van der Waals surface area contributed by atoms with E-state index < -0.39 is 0 Å². The zero-order valence-corrected chi connectivity index (χ0v) is 20.9. The van der Waals surface area contributed by atoms with Gasteiger partial charge >= 0.3 is 0 Å². The summed E-state index contributed by atoms with van der Waals surface area (Å²) in [7, 11) is 0. The van der Waals surface area contributed by atoms with Gasteiger partial charge in [-0.1, -0.05) is 13.0 Å². The van der Waals surface area contributed by atoms with E-state index in [-0.39, 0.29) is 18.0 Å². The number of rotatable bonds is 6. The standard InChI is InChI=1S/C27H31N5OS/c1-5-24(33)29-22-12-11-20(14-16(22)2)32-26(21-15-17(3)31(18(21)4)19-9-10-19)25(30-27(32)34)23-8-6-7-13-28-23/h6-8,11-15,19,25-26H,5,9-10H2,1-4H3,(H,29,33)(H,30,34)/t25-,26-/m0/s1. The maximum Gasteiger partial charge on any atom is 0.224 e. The molecule has 2 N–H and O–H groups in total. The molecule has 1 amide bonds. The summed E-state index contributed by atoms with van der Waals surface area (Å²) in [6.45, 7) is 8.30. The van der Waals surface area contributed by atoms with Gasteiger partial charge in [0.25, 0.3) is 0 Å². The number of anilines is 2. The maximum atomic E-state index is 11.9. The lowest BCUT2D eigenvalue weighted by atomic mass is 9.96. The van der Waals surface area contributed by atoms with Crippen LogP contribution in [0.5, 0.6) is 0 Å². The summed E-state index contributed by atoms with van der Waals surface area (Å²) in [5, 5.41) is 7.23. The van der Waals surface area contributed by atoms with Gasteiger partial charge in [-0.3, -0.25) is 9.78 Å². The van der Waals surface area contributed by atoms with Gasteiger partial charge in [0.2, 0.25) is 5.91 Å². The van der Waals surface area contributed by atoms with Crippen LogP contribution in [0.15, 0.2) is 48.7 Å². The Kier molecular flexibility index (Phi) is 5.90. The molecule has 3 heterocycles. The number of hydrogen-bond acceptors (Lipinski definition) is 3. The SMILES string of the molecule is CCC(=O)Nc1ccc(N2C(=S)N[C@@H](c3ccccn3)[C@@H]2c2cc(C)n(C3CC3)c2C)cc1C. The predicted molar refractivity (Wildman–Crippen MR) is 140 cm³/mol. The highest BCUT2D eigenvalue weighted by Gasteiger charge is 2.43. The number of aryl methyl sites for hydroxylation is 2. The lowest BCUT2D eigenvalue weighted by Crippen LogP contribution is -2.29. The molecule has 1 aliphatic carbocycles. The number of pyridine rings is 1. The van der Waals surface area contributed by atoms with E-state index in [1.165, 1.54) is 29.8 Å². The molecule has 3 aromatic rings. The molecule has 0 bridgehead atoms. The second-order valence-electron chi connectivity index (χ2n) is 9.33. The van der Waals surface area contributed by atoms with Crippen LogP contribution in [-0.2, 0) is 4.79 Å². The van der Waals surface area contributed by atoms with E-state index in [1.807, 2.05) is 44.3 Å². The molecule has 5 rings (SSSR count). The molecule has 2 atom stereocenters. The molecule has 1 saturated carbocycles. The van der Waals surface area contributed by atoms with Crippen molar-refractivity contribution in [1.82, 2.24) is 14.9 Å². The van der Waals surface area contributed by atoms with E-state index in [1.54, 1.807) is 0 Å². The molecule has 0 unspecified atom stereocenters. The Morgan fingerprint density at radius 2 is 1.97 bits per heavy atom. The molecule has 1 aliphatic heterocycles. The van der Waals surface area contributed by atoms with Gasteiger partial charge in [-0.25, -0.2) is 0 Å². The second-order valence-corrected chi connectivity index (χ2v) is 9.71. The highest BCUT2D eigenvalue weighted by Crippen LogP contribution is 2.46. The number of thiocarbonyl (C=S) groups is 1. The van der Waals surface area contributed by atoms with Crippen LogP contribution >= 0.6 is 12.2 Å². The topological polar surface area (TPSA) is 62.2 Å². The summed E-state index contributed by atoms with van der Waals surface area (Å²) in [6, 6.07) is 15.0. The molecule has 0 radical (unpaired) electrons. The highest BCUT2D eigenvalue weighted by atomic mass is 32.1. The summed E-state index contributed by atoms with van der Waals surface area (Å²) in [6.07, 6.45) is 4.78. The average molecular weight is 474 g/mol. The Morgan fingerprint density at radius 3 is 2.62 bits per heavy atom. The molecule has 0 spiro atoms. The average Bonchev–Trinajstić information content (AvgIpc) is 3.54. The third-order valence-corrected chi connectivity index (χ3v) is 7.25. The zero-order valence-electron chi connectivity index (χ0n) is 20.1. The van der Waals surface area contributed by atoms with E-state index >= 15 is 0 Å². The molecular formula is C27H31N5OS. The van der Waals surface area contributed by atoms with Crippen molar-refractivity contribution in [2.45, 2.75) is 65.1 Å². The number of nitrogens with zero attached hydrogens (tertiary/aromatic N) is 3. The number of carbonyl (C=O) groups is 1. The first-order valence-electron chi connectivity index (χ1n) is 12.0. The molecule has 34 heavy (non-hydrogen) atoms. The Balaban J connectivity index is 1.60. The smallest absolute Gasteiger partial charge is 0.224 e. The summed E-state index contributed by atoms with van der Waals surface area (Å²) >= 11 is 5.90. The van der Waals surface area contributed by atoms with Crippen molar-refractivity contribution in [3.8, 4) is 0 Å². The first-order chi connectivity index (χ1) is 16.4. The van der Waals surface area contributed by atoms with Crippen LogP contribution in [0, 0.1) is 20.8 Å². The quantitative estimate of drug-likeness (QED) is 0.452. The van der Waals surface area contributed by atoms with Gasteiger partial charge in [-0.15, -0.1) is 0 Å². The molecule has 176 valence electrons. The van der Waals surface area contributed by atoms with Crippen LogP contribution in [0.1, 0.15) is 72.5 Å². The Hall–Kier alpha value is -3.19. The monoisotopic (exact) mass is 473 g/mol. The van der Waals surface area contributed by atoms with Gasteiger partial charge in [0.05, 0.1) is 17.8 Å². The van der Waals surface area contributed by atoms with Crippen LogP contribution in [0.2, 0.25) is 0 Å². The van der Waals surface area contributed by atoms with Gasteiger partial charge in [0.1, 0.15) is 0 Å². The molecule has 2 aromatic heterocycles. The molecule has 7 heteroatoms. The van der Waals surface area contributed by atoms with E-state index in [0.29, 0.717) is 17.6 Å². The summed E-state index contributed by atoms with van der Waals surface area (Å²) in [4.78, 5) is 18.8. The molecule has 1 saturated heterocycles. The predicted octanol–water partition coefficient (Wildman–Crippen LogP) is 5.67. The van der Waals surface area contributed by atoms with E-state index in [0.717, 1.165) is 22.6 Å². The minimum Gasteiger partial charge on any atom is -0.351 e. The molecular weight excluding hydrogens is 442 g/mol. The van der Waals surface area contributed by atoms with Gasteiger partial charge in [-0.05, 0) is 93.4 Å². The highest BCUT2D eigenvalue weighted by molar-refractivity contribution is 7.80. The number of carbonyl (C=O) groups excluding carboxylic acids is 1. The van der Waals surface area contributed by atoms with Crippen molar-refractivity contribution < 1.29 is 4.79 Å². The third-order valence-electron chi connectivity index (χ3n) is 6.94. The molecule has 6 nitrogen and oxygen atoms in total. The number of nitrogens with one attached hydrogen (secondary N) is 2. The van der Waals surface area contributed by atoms with E-state index in [4.69, 9.17) is 12.2 Å². The first-order valence-corrected chi connectivity index (χ1v) is 12.4. The normalized spacial score (nSPS) is 19.9. The lowest BCUT2D eigenvalue weighted by molar-refractivity contribution is -0.115. The zero-order chi connectivity index (χ0) is 24.0. The fourth-order valence-corrected chi connectivity index (χ4v) is 5.47. The van der Waals surface area contributed by atoms with Crippen LogP contribution in [0.4, 0.5) is 11.4 Å². The summed E-state index contributed by atoms with van der Waals surface area (Å²) < 4.78 is 2.49. The van der Waals surface area contributed by atoms with Crippen molar-refractivity contribution in [2.75, 3.05) is 10.2 Å². The number of amides is 1. The molecule has 2 fully saturated rings. The summed E-state index contributed by atoms with van der Waals surface area (Å²) in [5.41, 5.74) is 7.67. The number of hydrogen-bond donors (Lipinski definition) is 2. The van der Waals surface area contributed by atoms with Crippen LogP contribution in [0.25, 0.3) is 0 Å². The van der Waals surface area contributed by atoms with Crippen molar-refractivity contribution in [2.24, 2.45) is 0 Å². The van der Waals surface area contributed by atoms with Gasteiger partial charge < -0.3 is 20.1 Å². The lowest BCUT2D eigenvalue weighted by Gasteiger charge is -2.29. The van der Waals surface area contributed by atoms with Crippen molar-refractivity contribution in [3.05, 3.63) is 76.9 Å². The number of aromatic nitrogens is 2. The fourth-order valence-electron chi connectivity index (χ4n) is 5.12. The third kappa shape index (κ3) is 3.98. The minimum atomic E-state index is -0.0679. The summed E-state index contributed by atoms with van der Waals surface area (Å²) in [5.74, 6) is 0.00909. The maximum absolute atomic E-state index is 11.9. The number of benzene rings is 1. The Bertz CT molecular complexity index is 1250. The second kappa shape index (κ2) is 8.87. The van der Waals surface area contributed by atoms with Crippen molar-refractivity contribution in [3.63, 3.8) is 0 Å². The Morgan fingerprint density at radius 1 is 1.18 bits per heavy atom. The minimum absolute atomic E-state index is 0.00909. The van der Waals surface area contributed by atoms with Gasteiger partial charge in [0, 0.05) is 41.4 Å². The Labute approximate surface area is 206 Å². The molecule has 2 aliphatic rings. The van der Waals surface area contributed by atoms with E-state index in [2.05, 4.69) is 57.1 Å².